The molecule has 1 aromatic carbocycles. The molecule has 0 amide bonds. The standard InChI is InChI=1S/C15H12N4O2/c1-2-12-13(17-8-20-12)15-18-14(19-21-15)10-4-3-5-11-9(10)6-7-16-11/h3-8,16H,2H2,1H3. The molecule has 0 saturated carbocycles. The van der Waals surface area contributed by atoms with Crippen LogP contribution in [-0.4, -0.2) is 20.1 Å². The Morgan fingerprint density at radius 2 is 2.19 bits per heavy atom. The summed E-state index contributed by atoms with van der Waals surface area (Å²) in [5.74, 6) is 1.66. The number of nitrogens with zero attached hydrogens (tertiary/aromatic N) is 3. The summed E-state index contributed by atoms with van der Waals surface area (Å²) in [6.07, 6.45) is 4.01. The van der Waals surface area contributed by atoms with Gasteiger partial charge in [0, 0.05) is 29.1 Å². The molecule has 104 valence electrons. The molecule has 3 heterocycles. The van der Waals surface area contributed by atoms with Crippen molar-refractivity contribution in [3.05, 3.63) is 42.6 Å². The minimum absolute atomic E-state index is 0.378. The van der Waals surface area contributed by atoms with Crippen molar-refractivity contribution in [1.82, 2.24) is 20.1 Å². The molecule has 6 heteroatoms. The average molecular weight is 280 g/mol. The van der Waals surface area contributed by atoms with Crippen LogP contribution >= 0.6 is 0 Å². The van der Waals surface area contributed by atoms with E-state index in [2.05, 4.69) is 20.1 Å². The molecule has 0 radical (unpaired) electrons. The number of H-pyrrole nitrogens is 1. The van der Waals surface area contributed by atoms with Gasteiger partial charge < -0.3 is 13.9 Å². The second kappa shape index (κ2) is 4.59. The highest BCUT2D eigenvalue weighted by Gasteiger charge is 2.18. The van der Waals surface area contributed by atoms with Crippen molar-refractivity contribution in [3.8, 4) is 23.0 Å². The second-order valence-corrected chi connectivity index (χ2v) is 4.65. The third kappa shape index (κ3) is 1.84. The van der Waals surface area contributed by atoms with Gasteiger partial charge in [0.1, 0.15) is 5.76 Å². The number of benzene rings is 1. The molecule has 0 atom stereocenters. The molecule has 3 aromatic heterocycles. The minimum atomic E-state index is 0.378. The van der Waals surface area contributed by atoms with E-state index in [0.717, 1.165) is 28.6 Å². The molecule has 4 aromatic rings. The summed E-state index contributed by atoms with van der Waals surface area (Å²) >= 11 is 0. The third-order valence-corrected chi connectivity index (χ3v) is 3.43. The maximum Gasteiger partial charge on any atom is 0.280 e. The van der Waals surface area contributed by atoms with E-state index in [1.54, 1.807) is 0 Å². The first kappa shape index (κ1) is 11.9. The van der Waals surface area contributed by atoms with Crippen molar-refractivity contribution in [2.24, 2.45) is 0 Å². The fourth-order valence-electron chi connectivity index (χ4n) is 2.41. The summed E-state index contributed by atoms with van der Waals surface area (Å²) in [7, 11) is 0. The van der Waals surface area contributed by atoms with Crippen LogP contribution in [0.1, 0.15) is 12.7 Å². The fraction of sp³-hybridized carbons (Fsp3) is 0.133. The van der Waals surface area contributed by atoms with Gasteiger partial charge in [-0.25, -0.2) is 4.98 Å². The average Bonchev–Trinajstić information content (AvgIpc) is 3.24. The first-order valence-corrected chi connectivity index (χ1v) is 6.69. The lowest BCUT2D eigenvalue weighted by molar-refractivity contribution is 0.429. The molecule has 0 aliphatic carbocycles. The van der Waals surface area contributed by atoms with Gasteiger partial charge >= 0.3 is 0 Å². The summed E-state index contributed by atoms with van der Waals surface area (Å²) in [5.41, 5.74) is 2.57. The first-order chi connectivity index (χ1) is 10.4. The molecular weight excluding hydrogens is 268 g/mol. The molecule has 0 aliphatic heterocycles. The lowest BCUT2D eigenvalue weighted by Gasteiger charge is -1.96. The van der Waals surface area contributed by atoms with Crippen molar-refractivity contribution in [2.45, 2.75) is 13.3 Å². The summed E-state index contributed by atoms with van der Waals surface area (Å²) in [6, 6.07) is 7.92. The predicted molar refractivity (Wildman–Crippen MR) is 76.5 cm³/mol. The molecule has 6 nitrogen and oxygen atoms in total. The molecule has 4 rings (SSSR count). The smallest absolute Gasteiger partial charge is 0.280 e. The summed E-state index contributed by atoms with van der Waals surface area (Å²) < 4.78 is 10.6. The van der Waals surface area contributed by atoms with Crippen molar-refractivity contribution < 1.29 is 8.94 Å². The Hall–Kier alpha value is -2.89. The summed E-state index contributed by atoms with van der Waals surface area (Å²) in [4.78, 5) is 11.8. The maximum absolute atomic E-state index is 5.34. The van der Waals surface area contributed by atoms with Gasteiger partial charge in [0.15, 0.2) is 12.1 Å². The maximum atomic E-state index is 5.34. The molecule has 0 unspecified atom stereocenters. The van der Waals surface area contributed by atoms with Crippen LogP contribution in [0.15, 0.2) is 45.8 Å². The van der Waals surface area contributed by atoms with Crippen LogP contribution in [0.25, 0.3) is 33.9 Å². The van der Waals surface area contributed by atoms with E-state index in [4.69, 9.17) is 8.94 Å². The van der Waals surface area contributed by atoms with Crippen LogP contribution < -0.4 is 0 Å². The molecule has 0 bridgehead atoms. The molecule has 0 fully saturated rings. The highest BCUT2D eigenvalue weighted by atomic mass is 16.5. The van der Waals surface area contributed by atoms with E-state index in [0.29, 0.717) is 17.4 Å². The number of oxazole rings is 1. The Bertz CT molecular complexity index is 903. The largest absolute Gasteiger partial charge is 0.448 e. The SMILES string of the molecule is CCc1ocnc1-c1nc(-c2cccc3[nH]ccc23)no1. The highest BCUT2D eigenvalue weighted by Crippen LogP contribution is 2.28. The second-order valence-electron chi connectivity index (χ2n) is 4.65. The number of rotatable bonds is 3. The lowest BCUT2D eigenvalue weighted by Crippen LogP contribution is -1.85. The van der Waals surface area contributed by atoms with Gasteiger partial charge in [0.05, 0.1) is 0 Å². The van der Waals surface area contributed by atoms with Gasteiger partial charge in [0.2, 0.25) is 5.82 Å². The van der Waals surface area contributed by atoms with Crippen molar-refractivity contribution in [3.63, 3.8) is 0 Å². The van der Waals surface area contributed by atoms with Gasteiger partial charge in [-0.05, 0) is 12.1 Å². The normalized spacial score (nSPS) is 11.3. The van der Waals surface area contributed by atoms with Crippen LogP contribution in [-0.2, 0) is 6.42 Å². The van der Waals surface area contributed by atoms with E-state index >= 15 is 0 Å². The summed E-state index contributed by atoms with van der Waals surface area (Å²) in [5, 5.41) is 5.12. The zero-order chi connectivity index (χ0) is 14.2. The van der Waals surface area contributed by atoms with Crippen LogP contribution in [0.3, 0.4) is 0 Å². The van der Waals surface area contributed by atoms with Crippen LogP contribution in [0.2, 0.25) is 0 Å². The monoisotopic (exact) mass is 280 g/mol. The number of nitrogens with one attached hydrogen (secondary N) is 1. The Kier molecular flexibility index (Phi) is 2.60. The van der Waals surface area contributed by atoms with Gasteiger partial charge in [-0.1, -0.05) is 24.2 Å². The van der Waals surface area contributed by atoms with Crippen LogP contribution in [0.5, 0.6) is 0 Å². The number of fused-ring (bicyclic) bond motifs is 1. The number of aromatic nitrogens is 4. The Morgan fingerprint density at radius 1 is 1.24 bits per heavy atom. The van der Waals surface area contributed by atoms with Crippen LogP contribution in [0.4, 0.5) is 0 Å². The molecule has 21 heavy (non-hydrogen) atoms. The Morgan fingerprint density at radius 3 is 3.10 bits per heavy atom. The molecule has 0 spiro atoms. The molecular formula is C15H12N4O2. The quantitative estimate of drug-likeness (QED) is 0.621. The fourth-order valence-corrected chi connectivity index (χ4v) is 2.41. The first-order valence-electron chi connectivity index (χ1n) is 6.69. The van der Waals surface area contributed by atoms with Crippen LogP contribution in [0, 0.1) is 0 Å². The van der Waals surface area contributed by atoms with Crippen molar-refractivity contribution in [2.75, 3.05) is 0 Å². The number of hydrogen-bond acceptors (Lipinski definition) is 5. The number of aromatic amines is 1. The van der Waals surface area contributed by atoms with Gasteiger partial charge in [-0.3, -0.25) is 0 Å². The Labute approximate surface area is 119 Å². The van der Waals surface area contributed by atoms with Crippen molar-refractivity contribution in [1.29, 1.82) is 0 Å². The topological polar surface area (TPSA) is 80.7 Å². The Balaban J connectivity index is 1.83. The van der Waals surface area contributed by atoms with E-state index in [9.17, 15) is 0 Å². The zero-order valence-corrected chi connectivity index (χ0v) is 11.3. The van der Waals surface area contributed by atoms with E-state index in [1.165, 1.54) is 6.39 Å². The highest BCUT2D eigenvalue weighted by molar-refractivity contribution is 5.93. The zero-order valence-electron chi connectivity index (χ0n) is 11.3. The summed E-state index contributed by atoms with van der Waals surface area (Å²) in [6.45, 7) is 1.99. The molecule has 0 saturated heterocycles. The number of hydrogen-bond donors (Lipinski definition) is 1. The molecule has 0 aliphatic rings. The van der Waals surface area contributed by atoms with E-state index in [1.807, 2.05) is 37.4 Å². The van der Waals surface area contributed by atoms with E-state index in [-0.39, 0.29) is 0 Å². The lowest BCUT2D eigenvalue weighted by atomic mass is 10.1. The minimum Gasteiger partial charge on any atom is -0.448 e. The predicted octanol–water partition coefficient (Wildman–Crippen LogP) is 3.44. The van der Waals surface area contributed by atoms with E-state index < -0.39 is 0 Å². The van der Waals surface area contributed by atoms with Gasteiger partial charge in [-0.2, -0.15) is 4.98 Å². The number of aryl methyl sites for hydroxylation is 1. The van der Waals surface area contributed by atoms with Gasteiger partial charge in [-0.15, -0.1) is 0 Å². The molecule has 1 N–H and O–H groups in total. The van der Waals surface area contributed by atoms with Crippen molar-refractivity contribution >= 4 is 10.9 Å². The van der Waals surface area contributed by atoms with Gasteiger partial charge in [0.25, 0.3) is 5.89 Å². The third-order valence-electron chi connectivity index (χ3n) is 3.43.